The summed E-state index contributed by atoms with van der Waals surface area (Å²) < 4.78 is 24.3. The number of carbonyl (C=O) groups excluding carboxylic acids is 1. The number of hydrogen-bond acceptors (Lipinski definition) is 3. The van der Waals surface area contributed by atoms with Crippen LogP contribution in [0.5, 0.6) is 0 Å². The maximum atomic E-state index is 11.9. The molecule has 2 rings (SSSR count). The Morgan fingerprint density at radius 3 is 2.55 bits per heavy atom. The van der Waals surface area contributed by atoms with Gasteiger partial charge >= 0.3 is 6.03 Å². The van der Waals surface area contributed by atoms with Gasteiger partial charge in [0, 0.05) is 30.7 Å². The van der Waals surface area contributed by atoms with Gasteiger partial charge in [-0.25, -0.2) is 17.5 Å². The predicted molar refractivity (Wildman–Crippen MR) is 86.3 cm³/mol. The van der Waals surface area contributed by atoms with Gasteiger partial charge in [0.25, 0.3) is 0 Å². The summed E-state index contributed by atoms with van der Waals surface area (Å²) in [6.45, 7) is 1.23. The molecule has 0 aromatic heterocycles. The summed E-state index contributed by atoms with van der Waals surface area (Å²) in [6.07, 6.45) is 2.44. The molecule has 2 amide bonds. The van der Waals surface area contributed by atoms with E-state index in [1.54, 1.807) is 6.07 Å². The lowest BCUT2D eigenvalue weighted by molar-refractivity contribution is 0.227. The van der Waals surface area contributed by atoms with Crippen LogP contribution in [0.1, 0.15) is 18.4 Å². The number of urea groups is 1. The largest absolute Gasteiger partial charge is 0.335 e. The fourth-order valence-corrected chi connectivity index (χ4v) is 3.46. The second-order valence-corrected chi connectivity index (χ2v) is 7.74. The molecule has 0 aliphatic carbocycles. The minimum Gasteiger partial charge on any atom is -0.335 e. The number of nitrogens with zero attached hydrogens (tertiary/aromatic N) is 1. The minimum absolute atomic E-state index is 0.00996. The highest BCUT2D eigenvalue weighted by atomic mass is 35.5. The maximum absolute atomic E-state index is 11.9. The fraction of sp³-hybridized carbons (Fsp3) is 0.500. The lowest BCUT2D eigenvalue weighted by Crippen LogP contribution is -2.48. The van der Waals surface area contributed by atoms with Gasteiger partial charge in [-0.3, -0.25) is 0 Å². The number of rotatable bonds is 4. The number of piperidine rings is 1. The second-order valence-electron chi connectivity index (χ2n) is 5.35. The van der Waals surface area contributed by atoms with Gasteiger partial charge in [-0.05, 0) is 24.5 Å². The molecule has 0 spiro atoms. The van der Waals surface area contributed by atoms with Crippen molar-refractivity contribution in [3.63, 3.8) is 0 Å². The molecule has 8 heteroatoms. The molecule has 0 radical (unpaired) electrons. The van der Waals surface area contributed by atoms with E-state index in [0.29, 0.717) is 37.5 Å². The van der Waals surface area contributed by atoms with E-state index in [1.165, 1.54) is 10.6 Å². The van der Waals surface area contributed by atoms with Crippen molar-refractivity contribution < 1.29 is 13.2 Å². The third-order valence-electron chi connectivity index (χ3n) is 3.66. The van der Waals surface area contributed by atoms with Crippen LogP contribution in [0.4, 0.5) is 4.79 Å². The number of halogens is 1. The highest BCUT2D eigenvalue weighted by molar-refractivity contribution is 7.88. The number of nitrogens with one attached hydrogen (secondary N) is 2. The first-order valence-corrected chi connectivity index (χ1v) is 9.32. The van der Waals surface area contributed by atoms with Gasteiger partial charge in [-0.2, -0.15) is 0 Å². The lowest BCUT2D eigenvalue weighted by Gasteiger charge is -2.30. The van der Waals surface area contributed by atoms with Gasteiger partial charge in [-0.1, -0.05) is 29.8 Å². The Bertz CT molecular complexity index is 628. The quantitative estimate of drug-likeness (QED) is 0.869. The molecule has 0 bridgehead atoms. The summed E-state index contributed by atoms with van der Waals surface area (Å²) in [5.74, 6) is 0. The standard InChI is InChI=1S/C14H20ClN3O3S/c1-22(20,21)18-8-6-12(7-9-18)17-14(19)16-10-11-4-2-3-5-13(11)15/h2-5,12H,6-10H2,1H3,(H2,16,17,19). The maximum Gasteiger partial charge on any atom is 0.315 e. The average molecular weight is 346 g/mol. The molecule has 1 saturated heterocycles. The number of hydrogen-bond donors (Lipinski definition) is 2. The van der Waals surface area contributed by atoms with Crippen molar-refractivity contribution in [2.24, 2.45) is 0 Å². The van der Waals surface area contributed by atoms with Gasteiger partial charge in [0.15, 0.2) is 0 Å². The van der Waals surface area contributed by atoms with Crippen LogP contribution < -0.4 is 10.6 Å². The number of benzene rings is 1. The summed E-state index contributed by atoms with van der Waals surface area (Å²) in [5.41, 5.74) is 0.853. The van der Waals surface area contributed by atoms with E-state index in [2.05, 4.69) is 10.6 Å². The van der Waals surface area contributed by atoms with E-state index in [9.17, 15) is 13.2 Å². The van der Waals surface area contributed by atoms with Crippen LogP contribution in [0.15, 0.2) is 24.3 Å². The van der Waals surface area contributed by atoms with E-state index in [-0.39, 0.29) is 12.1 Å². The summed E-state index contributed by atoms with van der Waals surface area (Å²) in [6, 6.07) is 7.05. The number of carbonyl (C=O) groups is 1. The van der Waals surface area contributed by atoms with Crippen LogP contribution in [-0.2, 0) is 16.6 Å². The normalized spacial score (nSPS) is 17.2. The Kier molecular flexibility index (Phi) is 5.66. The van der Waals surface area contributed by atoms with Crippen LogP contribution in [0.2, 0.25) is 5.02 Å². The van der Waals surface area contributed by atoms with Crippen LogP contribution in [0, 0.1) is 0 Å². The molecule has 1 heterocycles. The van der Waals surface area contributed by atoms with Gasteiger partial charge in [0.05, 0.1) is 6.26 Å². The monoisotopic (exact) mass is 345 g/mol. The molecule has 1 fully saturated rings. The molecule has 0 unspecified atom stereocenters. The highest BCUT2D eigenvalue weighted by Gasteiger charge is 2.25. The number of sulfonamides is 1. The first kappa shape index (κ1) is 17.1. The van der Waals surface area contributed by atoms with Gasteiger partial charge in [0.1, 0.15) is 0 Å². The van der Waals surface area contributed by atoms with E-state index < -0.39 is 10.0 Å². The van der Waals surface area contributed by atoms with Crippen molar-refractivity contribution in [1.29, 1.82) is 0 Å². The van der Waals surface area contributed by atoms with Crippen LogP contribution >= 0.6 is 11.6 Å². The molecule has 122 valence electrons. The third kappa shape index (κ3) is 4.86. The molecule has 22 heavy (non-hydrogen) atoms. The van der Waals surface area contributed by atoms with Gasteiger partial charge < -0.3 is 10.6 Å². The molecule has 1 aliphatic heterocycles. The zero-order chi connectivity index (χ0) is 16.2. The average Bonchev–Trinajstić information content (AvgIpc) is 2.46. The zero-order valence-corrected chi connectivity index (χ0v) is 14.0. The Labute approximate surface area is 135 Å². The third-order valence-corrected chi connectivity index (χ3v) is 5.33. The topological polar surface area (TPSA) is 78.5 Å². The molecule has 0 atom stereocenters. The lowest BCUT2D eigenvalue weighted by atomic mass is 10.1. The van der Waals surface area contributed by atoms with Crippen LogP contribution in [0.3, 0.4) is 0 Å². The Morgan fingerprint density at radius 2 is 1.95 bits per heavy atom. The molecule has 0 saturated carbocycles. The van der Waals surface area contributed by atoms with E-state index in [1.807, 2.05) is 18.2 Å². The van der Waals surface area contributed by atoms with Crippen molar-refractivity contribution in [3.05, 3.63) is 34.9 Å². The smallest absolute Gasteiger partial charge is 0.315 e. The van der Waals surface area contributed by atoms with Gasteiger partial charge in [0.2, 0.25) is 10.0 Å². The summed E-state index contributed by atoms with van der Waals surface area (Å²) >= 11 is 6.02. The Balaban J connectivity index is 1.76. The van der Waals surface area contributed by atoms with Gasteiger partial charge in [-0.15, -0.1) is 0 Å². The van der Waals surface area contributed by atoms with E-state index >= 15 is 0 Å². The van der Waals surface area contributed by atoms with Crippen molar-refractivity contribution in [2.75, 3.05) is 19.3 Å². The molecule has 1 aromatic carbocycles. The summed E-state index contributed by atoms with van der Waals surface area (Å²) in [5, 5.41) is 6.24. The molecule has 6 nitrogen and oxygen atoms in total. The summed E-state index contributed by atoms with van der Waals surface area (Å²) in [7, 11) is -3.14. The second kappa shape index (κ2) is 7.30. The molecule has 2 N–H and O–H groups in total. The first-order chi connectivity index (χ1) is 10.4. The highest BCUT2D eigenvalue weighted by Crippen LogP contribution is 2.15. The van der Waals surface area contributed by atoms with E-state index in [0.717, 1.165) is 5.56 Å². The zero-order valence-electron chi connectivity index (χ0n) is 12.4. The van der Waals surface area contributed by atoms with Crippen LogP contribution in [0.25, 0.3) is 0 Å². The minimum atomic E-state index is -3.14. The molecular formula is C14H20ClN3O3S. The first-order valence-electron chi connectivity index (χ1n) is 7.09. The van der Waals surface area contributed by atoms with Crippen molar-refractivity contribution in [2.45, 2.75) is 25.4 Å². The van der Waals surface area contributed by atoms with Crippen molar-refractivity contribution >= 4 is 27.7 Å². The fourth-order valence-electron chi connectivity index (χ4n) is 2.39. The van der Waals surface area contributed by atoms with E-state index in [4.69, 9.17) is 11.6 Å². The summed E-state index contributed by atoms with van der Waals surface area (Å²) in [4.78, 5) is 11.9. The Morgan fingerprint density at radius 1 is 1.32 bits per heavy atom. The Hall–Kier alpha value is -1.31. The molecule has 1 aliphatic rings. The van der Waals surface area contributed by atoms with Crippen molar-refractivity contribution in [3.8, 4) is 0 Å². The molecular weight excluding hydrogens is 326 g/mol. The SMILES string of the molecule is CS(=O)(=O)N1CCC(NC(=O)NCc2ccccc2Cl)CC1. The van der Waals surface area contributed by atoms with Crippen LogP contribution in [-0.4, -0.2) is 44.1 Å². The molecule has 1 aromatic rings. The number of amides is 2. The predicted octanol–water partition coefficient (Wildman–Crippen LogP) is 1.56. The van der Waals surface area contributed by atoms with Crippen molar-refractivity contribution in [1.82, 2.24) is 14.9 Å².